The van der Waals surface area contributed by atoms with Crippen molar-refractivity contribution in [1.29, 1.82) is 0 Å². The third-order valence-electron chi connectivity index (χ3n) is 5.91. The summed E-state index contributed by atoms with van der Waals surface area (Å²) in [6.07, 6.45) is 0. The van der Waals surface area contributed by atoms with Crippen LogP contribution in [0.1, 0.15) is 38.5 Å². The van der Waals surface area contributed by atoms with E-state index in [9.17, 15) is 8.42 Å². The third-order valence-corrected chi connectivity index (χ3v) is 8.91. The number of nitrogens with zero attached hydrogens (tertiary/aromatic N) is 3. The van der Waals surface area contributed by atoms with Crippen LogP contribution in [0.4, 0.5) is 0 Å². The van der Waals surface area contributed by atoms with E-state index in [0.29, 0.717) is 18.0 Å². The van der Waals surface area contributed by atoms with Gasteiger partial charge in [-0.15, -0.1) is 11.3 Å². The quantitative estimate of drug-likeness (QED) is 0.778. The molecule has 5 nitrogen and oxygen atoms in total. The predicted octanol–water partition coefficient (Wildman–Crippen LogP) is 3.50. The smallest absolute Gasteiger partial charge is 0.243 e. The molecule has 148 valence electrons. The van der Waals surface area contributed by atoms with Crippen LogP contribution in [0.15, 0.2) is 10.3 Å². The number of thiazole rings is 1. The number of hydrogen-bond acceptors (Lipinski definition) is 5. The van der Waals surface area contributed by atoms with Crippen LogP contribution < -0.4 is 0 Å². The van der Waals surface area contributed by atoms with Gasteiger partial charge < -0.3 is 0 Å². The molecule has 0 atom stereocenters. The molecule has 2 heterocycles. The maximum absolute atomic E-state index is 13.4. The lowest BCUT2D eigenvalue weighted by Gasteiger charge is -2.34. The normalized spacial score (nSPS) is 16.8. The summed E-state index contributed by atoms with van der Waals surface area (Å²) in [5, 5.41) is 3.16. The molecule has 27 heavy (non-hydrogen) atoms. The Bertz CT molecular complexity index is 927. The van der Waals surface area contributed by atoms with Crippen LogP contribution >= 0.6 is 11.3 Å². The molecule has 0 saturated carbocycles. The zero-order valence-electron chi connectivity index (χ0n) is 17.1. The Balaban J connectivity index is 1.80. The van der Waals surface area contributed by atoms with Gasteiger partial charge in [-0.3, -0.25) is 4.90 Å². The fraction of sp³-hybridized carbons (Fsp3) is 0.550. The summed E-state index contributed by atoms with van der Waals surface area (Å²) in [5.41, 5.74) is 6.19. The number of piperazine rings is 1. The van der Waals surface area contributed by atoms with Crippen LogP contribution in [0, 0.1) is 41.5 Å². The Morgan fingerprint density at radius 2 is 1.41 bits per heavy atom. The first kappa shape index (κ1) is 20.5. The van der Waals surface area contributed by atoms with Crippen molar-refractivity contribution in [2.24, 2.45) is 0 Å². The highest BCUT2D eigenvalue weighted by molar-refractivity contribution is 7.89. The second kappa shape index (κ2) is 7.62. The van der Waals surface area contributed by atoms with E-state index in [4.69, 9.17) is 0 Å². The molecule has 1 saturated heterocycles. The maximum atomic E-state index is 13.4. The maximum Gasteiger partial charge on any atom is 0.243 e. The molecule has 0 radical (unpaired) electrons. The monoisotopic (exact) mass is 407 g/mol. The molecule has 1 aromatic heterocycles. The summed E-state index contributed by atoms with van der Waals surface area (Å²) in [6.45, 7) is 15.3. The van der Waals surface area contributed by atoms with E-state index in [1.807, 2.05) is 34.6 Å². The van der Waals surface area contributed by atoms with Gasteiger partial charge in [-0.25, -0.2) is 13.4 Å². The van der Waals surface area contributed by atoms with Gasteiger partial charge in [0.25, 0.3) is 0 Å². The summed E-state index contributed by atoms with van der Waals surface area (Å²) >= 11 is 1.66. The zero-order chi connectivity index (χ0) is 19.9. The van der Waals surface area contributed by atoms with Crippen LogP contribution in [-0.2, 0) is 16.6 Å². The first-order valence-electron chi connectivity index (χ1n) is 9.33. The molecule has 1 fully saturated rings. The molecule has 1 aliphatic heterocycles. The van der Waals surface area contributed by atoms with Gasteiger partial charge in [-0.1, -0.05) is 0 Å². The molecular formula is C20H29N3O2S2. The van der Waals surface area contributed by atoms with E-state index >= 15 is 0 Å². The van der Waals surface area contributed by atoms with E-state index < -0.39 is 10.0 Å². The van der Waals surface area contributed by atoms with Gasteiger partial charge in [-0.05, 0) is 69.4 Å². The number of aromatic nitrogens is 1. The number of sulfonamides is 1. The van der Waals surface area contributed by atoms with E-state index in [-0.39, 0.29) is 0 Å². The topological polar surface area (TPSA) is 53.5 Å². The Labute approximate surface area is 167 Å². The molecule has 3 rings (SSSR count). The molecule has 2 aromatic rings. The molecule has 0 aliphatic carbocycles. The minimum Gasteiger partial charge on any atom is -0.295 e. The van der Waals surface area contributed by atoms with Gasteiger partial charge >= 0.3 is 0 Å². The van der Waals surface area contributed by atoms with E-state index in [1.165, 1.54) is 5.56 Å². The van der Waals surface area contributed by atoms with Gasteiger partial charge in [0.1, 0.15) is 0 Å². The first-order valence-corrected chi connectivity index (χ1v) is 11.7. The lowest BCUT2D eigenvalue weighted by Crippen LogP contribution is -2.48. The second-order valence-corrected chi connectivity index (χ2v) is 10.4. The summed E-state index contributed by atoms with van der Waals surface area (Å²) < 4.78 is 28.5. The fourth-order valence-corrected chi connectivity index (χ4v) is 6.41. The summed E-state index contributed by atoms with van der Waals surface area (Å²) in [7, 11) is -3.48. The largest absolute Gasteiger partial charge is 0.295 e. The highest BCUT2D eigenvalue weighted by atomic mass is 32.2. The summed E-state index contributed by atoms with van der Waals surface area (Å²) in [6, 6.07) is 0. The van der Waals surface area contributed by atoms with Gasteiger partial charge in [0.05, 0.1) is 15.6 Å². The Morgan fingerprint density at radius 3 is 1.89 bits per heavy atom. The van der Waals surface area contributed by atoms with Crippen LogP contribution in [0.3, 0.4) is 0 Å². The lowest BCUT2D eigenvalue weighted by molar-refractivity contribution is 0.180. The minimum atomic E-state index is -3.48. The first-order chi connectivity index (χ1) is 12.6. The highest BCUT2D eigenvalue weighted by Crippen LogP contribution is 2.32. The van der Waals surface area contributed by atoms with E-state index in [1.54, 1.807) is 15.6 Å². The van der Waals surface area contributed by atoms with Gasteiger partial charge in [0, 0.05) is 38.1 Å². The van der Waals surface area contributed by atoms with Crippen molar-refractivity contribution in [3.8, 4) is 0 Å². The molecule has 7 heteroatoms. The van der Waals surface area contributed by atoms with E-state index in [0.717, 1.165) is 52.6 Å². The van der Waals surface area contributed by atoms with Crippen molar-refractivity contribution >= 4 is 21.4 Å². The van der Waals surface area contributed by atoms with Crippen molar-refractivity contribution < 1.29 is 8.42 Å². The Kier molecular flexibility index (Phi) is 5.77. The SMILES string of the molecule is Cc1nc(CN2CCN(S(=O)(=O)c3c(C)c(C)c(C)c(C)c3C)CC2)cs1. The molecule has 0 spiro atoms. The minimum absolute atomic E-state index is 0.506. The molecule has 0 unspecified atom stereocenters. The molecular weight excluding hydrogens is 378 g/mol. The molecule has 1 aromatic carbocycles. The molecule has 0 N–H and O–H groups in total. The average molecular weight is 408 g/mol. The molecule has 1 aliphatic rings. The van der Waals surface area contributed by atoms with Crippen molar-refractivity contribution in [2.75, 3.05) is 26.2 Å². The van der Waals surface area contributed by atoms with E-state index in [2.05, 4.69) is 22.2 Å². The number of aryl methyl sites for hydroxylation is 1. The summed E-state index contributed by atoms with van der Waals surface area (Å²) in [5.74, 6) is 0. The van der Waals surface area contributed by atoms with Crippen molar-refractivity contribution in [1.82, 2.24) is 14.2 Å². The predicted molar refractivity (Wildman–Crippen MR) is 111 cm³/mol. The lowest BCUT2D eigenvalue weighted by atomic mass is 9.95. The Morgan fingerprint density at radius 1 is 0.889 bits per heavy atom. The van der Waals surface area contributed by atoms with Crippen LogP contribution in [0.25, 0.3) is 0 Å². The summed E-state index contributed by atoms with van der Waals surface area (Å²) in [4.78, 5) is 7.31. The number of rotatable bonds is 4. The van der Waals surface area contributed by atoms with Crippen molar-refractivity contribution in [2.45, 2.75) is 53.0 Å². The van der Waals surface area contributed by atoms with Crippen LogP contribution in [0.5, 0.6) is 0 Å². The average Bonchev–Trinajstić information content (AvgIpc) is 3.03. The zero-order valence-corrected chi connectivity index (χ0v) is 18.7. The number of hydrogen-bond donors (Lipinski definition) is 0. The molecule has 0 amide bonds. The highest BCUT2D eigenvalue weighted by Gasteiger charge is 2.32. The standard InChI is InChI=1S/C20H29N3O2S2/c1-13-14(2)16(4)20(17(5)15(13)3)27(24,25)23-9-7-22(8-10-23)11-19-12-26-18(6)21-19/h12H,7-11H2,1-6H3. The Hall–Kier alpha value is -1.28. The second-order valence-electron chi connectivity index (χ2n) is 7.49. The molecule has 0 bridgehead atoms. The van der Waals surface area contributed by atoms with Gasteiger partial charge in [0.15, 0.2) is 0 Å². The third kappa shape index (κ3) is 3.83. The van der Waals surface area contributed by atoms with Gasteiger partial charge in [0.2, 0.25) is 10.0 Å². The number of benzene rings is 1. The van der Waals surface area contributed by atoms with Crippen molar-refractivity contribution in [3.63, 3.8) is 0 Å². The van der Waals surface area contributed by atoms with Crippen molar-refractivity contribution in [3.05, 3.63) is 43.9 Å². The van der Waals surface area contributed by atoms with Crippen LogP contribution in [0.2, 0.25) is 0 Å². The van der Waals surface area contributed by atoms with Crippen LogP contribution in [-0.4, -0.2) is 48.8 Å². The fourth-order valence-electron chi connectivity index (χ4n) is 3.82. The van der Waals surface area contributed by atoms with Gasteiger partial charge in [-0.2, -0.15) is 4.31 Å².